The second-order valence-electron chi connectivity index (χ2n) is 5.03. The molecule has 6 heteroatoms. The van der Waals surface area contributed by atoms with Gasteiger partial charge in [-0.05, 0) is 31.9 Å². The molecular weight excluding hydrogens is 275 g/mol. The quantitative estimate of drug-likeness (QED) is 0.568. The minimum atomic E-state index is -0.652. The zero-order valence-electron chi connectivity index (χ0n) is 12.6. The van der Waals surface area contributed by atoms with Gasteiger partial charge in [-0.1, -0.05) is 20.3 Å². The Kier molecular flexibility index (Phi) is 6.27. The maximum Gasteiger partial charge on any atom is 0.282 e. The number of hydrogen-bond donors (Lipinski definition) is 0. The van der Waals surface area contributed by atoms with Crippen LogP contribution >= 0.6 is 0 Å². The van der Waals surface area contributed by atoms with Crippen molar-refractivity contribution in [1.82, 2.24) is 4.90 Å². The summed E-state index contributed by atoms with van der Waals surface area (Å²) in [6, 6.07) is 2.93. The first-order valence-corrected chi connectivity index (χ1v) is 7.17. The summed E-state index contributed by atoms with van der Waals surface area (Å²) < 4.78 is 13.4. The number of nitro groups is 1. The highest BCUT2D eigenvalue weighted by Crippen LogP contribution is 2.23. The van der Waals surface area contributed by atoms with E-state index in [-0.39, 0.29) is 17.3 Å². The van der Waals surface area contributed by atoms with Crippen molar-refractivity contribution in [3.63, 3.8) is 0 Å². The maximum absolute atomic E-state index is 13.4. The molecule has 1 aromatic rings. The third kappa shape index (κ3) is 4.24. The maximum atomic E-state index is 13.4. The van der Waals surface area contributed by atoms with Crippen LogP contribution in [-0.4, -0.2) is 28.3 Å². The summed E-state index contributed by atoms with van der Waals surface area (Å²) >= 11 is 0. The number of benzene rings is 1. The van der Waals surface area contributed by atoms with Crippen molar-refractivity contribution in [3.05, 3.63) is 39.7 Å². The Morgan fingerprint density at radius 3 is 2.62 bits per heavy atom. The van der Waals surface area contributed by atoms with Gasteiger partial charge in [0.2, 0.25) is 0 Å². The lowest BCUT2D eigenvalue weighted by molar-refractivity contribution is -0.385. The molecule has 1 unspecified atom stereocenters. The van der Waals surface area contributed by atoms with Gasteiger partial charge in [0.15, 0.2) is 0 Å². The number of carbonyl (C=O) groups is 1. The number of nitro benzene ring substituents is 1. The largest absolute Gasteiger partial charge is 0.336 e. The van der Waals surface area contributed by atoms with E-state index in [9.17, 15) is 19.3 Å². The molecule has 0 aliphatic carbocycles. The highest BCUT2D eigenvalue weighted by Gasteiger charge is 2.27. The zero-order chi connectivity index (χ0) is 16.0. The predicted octanol–water partition coefficient (Wildman–Crippen LogP) is 3.77. The Labute approximate surface area is 123 Å². The molecule has 0 spiro atoms. The van der Waals surface area contributed by atoms with Crippen molar-refractivity contribution in [2.75, 3.05) is 6.54 Å². The fourth-order valence-electron chi connectivity index (χ4n) is 2.06. The van der Waals surface area contributed by atoms with E-state index in [0.717, 1.165) is 37.5 Å². The van der Waals surface area contributed by atoms with Crippen LogP contribution in [0, 0.1) is 15.9 Å². The molecule has 0 bridgehead atoms. The lowest BCUT2D eigenvalue weighted by Crippen LogP contribution is -2.39. The summed E-state index contributed by atoms with van der Waals surface area (Å²) in [5, 5.41) is 11.0. The highest BCUT2D eigenvalue weighted by molar-refractivity contribution is 5.98. The number of rotatable bonds is 7. The van der Waals surface area contributed by atoms with Crippen LogP contribution in [0.4, 0.5) is 10.1 Å². The Bertz CT molecular complexity index is 520. The Hall–Kier alpha value is -1.98. The van der Waals surface area contributed by atoms with Gasteiger partial charge >= 0.3 is 0 Å². The van der Waals surface area contributed by atoms with E-state index in [0.29, 0.717) is 6.54 Å². The number of nitrogens with zero attached hydrogens (tertiary/aromatic N) is 2. The van der Waals surface area contributed by atoms with Gasteiger partial charge in [0.25, 0.3) is 11.6 Å². The average molecular weight is 296 g/mol. The monoisotopic (exact) mass is 296 g/mol. The minimum absolute atomic E-state index is 0.0491. The molecular formula is C15H21FN2O3. The van der Waals surface area contributed by atoms with Crippen molar-refractivity contribution in [1.29, 1.82) is 0 Å². The number of carbonyl (C=O) groups excluding carboxylic acids is 1. The lowest BCUT2D eigenvalue weighted by Gasteiger charge is -2.28. The minimum Gasteiger partial charge on any atom is -0.336 e. The van der Waals surface area contributed by atoms with Crippen LogP contribution in [0.1, 0.15) is 50.4 Å². The van der Waals surface area contributed by atoms with Gasteiger partial charge in [0.05, 0.1) is 4.92 Å². The van der Waals surface area contributed by atoms with Crippen molar-refractivity contribution in [2.45, 2.75) is 46.1 Å². The number of halogens is 1. The zero-order valence-corrected chi connectivity index (χ0v) is 12.6. The molecule has 0 N–H and O–H groups in total. The van der Waals surface area contributed by atoms with E-state index >= 15 is 0 Å². The van der Waals surface area contributed by atoms with Crippen molar-refractivity contribution in [2.24, 2.45) is 0 Å². The standard InChI is InChI=1S/C15H21FN2O3/c1-4-6-9-17(11(3)5-2)15(19)13-10-12(16)7-8-14(13)18(20)21/h7-8,10-11H,4-6,9H2,1-3H3. The molecule has 0 saturated heterocycles. The van der Waals surface area contributed by atoms with E-state index in [2.05, 4.69) is 0 Å². The molecule has 5 nitrogen and oxygen atoms in total. The number of amides is 1. The fourth-order valence-corrected chi connectivity index (χ4v) is 2.06. The number of unbranched alkanes of at least 4 members (excludes halogenated alkanes) is 1. The normalized spacial score (nSPS) is 12.0. The van der Waals surface area contributed by atoms with E-state index in [1.807, 2.05) is 20.8 Å². The van der Waals surface area contributed by atoms with Gasteiger partial charge in [0.1, 0.15) is 11.4 Å². The molecule has 0 fully saturated rings. The summed E-state index contributed by atoms with van der Waals surface area (Å²) in [6.07, 6.45) is 2.45. The second-order valence-corrected chi connectivity index (χ2v) is 5.03. The first-order chi connectivity index (χ1) is 9.92. The molecule has 116 valence electrons. The van der Waals surface area contributed by atoms with Crippen LogP contribution in [-0.2, 0) is 0 Å². The van der Waals surface area contributed by atoms with Gasteiger partial charge in [-0.25, -0.2) is 4.39 Å². The van der Waals surface area contributed by atoms with Crippen LogP contribution in [0.5, 0.6) is 0 Å². The van der Waals surface area contributed by atoms with Crippen LogP contribution in [0.25, 0.3) is 0 Å². The fraction of sp³-hybridized carbons (Fsp3) is 0.533. The third-order valence-electron chi connectivity index (χ3n) is 3.52. The van der Waals surface area contributed by atoms with Gasteiger partial charge in [-0.3, -0.25) is 14.9 Å². The first kappa shape index (κ1) is 17.1. The molecule has 0 aliphatic rings. The van der Waals surface area contributed by atoms with Crippen LogP contribution in [0.15, 0.2) is 18.2 Å². The molecule has 0 aliphatic heterocycles. The van der Waals surface area contributed by atoms with Crippen molar-refractivity contribution in [3.8, 4) is 0 Å². The van der Waals surface area contributed by atoms with Gasteiger partial charge in [0, 0.05) is 18.7 Å². The topological polar surface area (TPSA) is 63.5 Å². The van der Waals surface area contributed by atoms with E-state index < -0.39 is 16.6 Å². The van der Waals surface area contributed by atoms with Crippen molar-refractivity contribution >= 4 is 11.6 Å². The summed E-state index contributed by atoms with van der Waals surface area (Å²) in [6.45, 7) is 6.34. The molecule has 0 aromatic heterocycles. The molecule has 21 heavy (non-hydrogen) atoms. The summed E-state index contributed by atoms with van der Waals surface area (Å²) in [7, 11) is 0. The van der Waals surface area contributed by atoms with Gasteiger partial charge in [-0.2, -0.15) is 0 Å². The summed E-state index contributed by atoms with van der Waals surface area (Å²) in [5.41, 5.74) is -0.539. The summed E-state index contributed by atoms with van der Waals surface area (Å²) in [5.74, 6) is -1.13. The Balaban J connectivity index is 3.18. The summed E-state index contributed by atoms with van der Waals surface area (Å²) in [4.78, 5) is 24.5. The highest BCUT2D eigenvalue weighted by atomic mass is 19.1. The van der Waals surface area contributed by atoms with Crippen LogP contribution in [0.2, 0.25) is 0 Å². The molecule has 0 radical (unpaired) electrons. The SMILES string of the molecule is CCCCN(C(=O)c1cc(F)ccc1[N+](=O)[O-])C(C)CC. The van der Waals surface area contributed by atoms with Crippen LogP contribution < -0.4 is 0 Å². The van der Waals surface area contributed by atoms with Crippen LogP contribution in [0.3, 0.4) is 0 Å². The Morgan fingerprint density at radius 1 is 1.43 bits per heavy atom. The lowest BCUT2D eigenvalue weighted by atomic mass is 10.1. The second kappa shape index (κ2) is 7.71. The Morgan fingerprint density at radius 2 is 2.10 bits per heavy atom. The molecule has 0 heterocycles. The number of hydrogen-bond acceptors (Lipinski definition) is 3. The van der Waals surface area contributed by atoms with Gasteiger partial charge in [-0.15, -0.1) is 0 Å². The smallest absolute Gasteiger partial charge is 0.282 e. The van der Waals surface area contributed by atoms with E-state index in [1.54, 1.807) is 4.90 Å². The molecule has 1 rings (SSSR count). The molecule has 1 atom stereocenters. The molecule has 1 aromatic carbocycles. The predicted molar refractivity (Wildman–Crippen MR) is 78.8 cm³/mol. The average Bonchev–Trinajstić information content (AvgIpc) is 2.46. The van der Waals surface area contributed by atoms with E-state index in [4.69, 9.17) is 0 Å². The third-order valence-corrected chi connectivity index (χ3v) is 3.52. The van der Waals surface area contributed by atoms with E-state index in [1.165, 1.54) is 0 Å². The van der Waals surface area contributed by atoms with Crippen molar-refractivity contribution < 1.29 is 14.1 Å². The molecule has 1 amide bonds. The van der Waals surface area contributed by atoms with Gasteiger partial charge < -0.3 is 4.90 Å². The first-order valence-electron chi connectivity index (χ1n) is 7.17. The molecule has 0 saturated carbocycles.